The van der Waals surface area contributed by atoms with Crippen LogP contribution >= 0.6 is 22.7 Å². The number of hydrogen-bond acceptors (Lipinski definition) is 5. The Morgan fingerprint density at radius 1 is 0.536 bits per heavy atom. The Labute approximate surface area is 329 Å². The molecule has 0 bridgehead atoms. The van der Waals surface area contributed by atoms with Crippen LogP contribution in [-0.4, -0.2) is 10.6 Å². The fourth-order valence-corrected chi connectivity index (χ4v) is 11.9. The first-order valence-electron chi connectivity index (χ1n) is 18.7. The minimum Gasteiger partial charge on any atom is -0.332 e. The second-order valence-electron chi connectivity index (χ2n) is 14.6. The molecule has 0 saturated carbocycles. The van der Waals surface area contributed by atoms with Gasteiger partial charge in [-0.2, -0.15) is 10.5 Å². The summed E-state index contributed by atoms with van der Waals surface area (Å²) >= 11 is 3.66. The van der Waals surface area contributed by atoms with Crippen molar-refractivity contribution >= 4 is 96.2 Å². The molecule has 2 aliphatic rings. The SMILES string of the molecule is N#Cc1ccc(-c2cccc(C#N)c2N2c3ccc4sc5ccccc5c4c3C3C=CC=CC32)cc1-n1c2ccccc2c2c3sc4ccccc4c3ccc21. The molecule has 1 aliphatic carbocycles. The van der Waals surface area contributed by atoms with Crippen LogP contribution in [0.5, 0.6) is 0 Å². The highest BCUT2D eigenvalue weighted by atomic mass is 32.1. The number of fused-ring (bicyclic) bond motifs is 14. The fraction of sp³-hybridized carbons (Fsp3) is 0.0400. The second-order valence-corrected chi connectivity index (χ2v) is 16.7. The molecule has 12 rings (SSSR count). The van der Waals surface area contributed by atoms with Crippen molar-refractivity contribution < 1.29 is 0 Å². The zero-order valence-electron chi connectivity index (χ0n) is 29.8. The number of nitriles is 2. The van der Waals surface area contributed by atoms with Crippen LogP contribution in [-0.2, 0) is 0 Å². The first kappa shape index (κ1) is 31.4. The van der Waals surface area contributed by atoms with E-state index in [9.17, 15) is 10.5 Å². The highest BCUT2D eigenvalue weighted by molar-refractivity contribution is 7.27. The van der Waals surface area contributed by atoms with Crippen molar-refractivity contribution in [3.63, 3.8) is 0 Å². The lowest BCUT2D eigenvalue weighted by Gasteiger charge is -2.31. The Balaban J connectivity index is 1.11. The summed E-state index contributed by atoms with van der Waals surface area (Å²) in [6, 6.07) is 52.0. The van der Waals surface area contributed by atoms with Crippen molar-refractivity contribution in [3.8, 4) is 29.0 Å². The van der Waals surface area contributed by atoms with Gasteiger partial charge >= 0.3 is 0 Å². The number of nitrogens with zero attached hydrogens (tertiary/aromatic N) is 4. The van der Waals surface area contributed by atoms with E-state index in [1.54, 1.807) is 0 Å². The minimum absolute atomic E-state index is 0.00795. The van der Waals surface area contributed by atoms with E-state index in [0.717, 1.165) is 44.6 Å². The molecule has 0 fully saturated rings. The lowest BCUT2D eigenvalue weighted by Crippen LogP contribution is -2.29. The highest BCUT2D eigenvalue weighted by Crippen LogP contribution is 2.55. The summed E-state index contributed by atoms with van der Waals surface area (Å²) in [6.07, 6.45) is 8.89. The van der Waals surface area contributed by atoms with Gasteiger partial charge in [0.1, 0.15) is 12.1 Å². The molecule has 56 heavy (non-hydrogen) atoms. The van der Waals surface area contributed by atoms with Gasteiger partial charge in [-0.05, 0) is 65.7 Å². The number of thiophene rings is 2. The summed E-state index contributed by atoms with van der Waals surface area (Å²) in [6.45, 7) is 0. The second kappa shape index (κ2) is 11.8. The summed E-state index contributed by atoms with van der Waals surface area (Å²) < 4.78 is 7.33. The maximum absolute atomic E-state index is 10.8. The molecule has 2 unspecified atom stereocenters. The maximum Gasteiger partial charge on any atom is 0.101 e. The van der Waals surface area contributed by atoms with Gasteiger partial charge in [-0.1, -0.05) is 103 Å². The third-order valence-electron chi connectivity index (χ3n) is 11.8. The number of para-hydroxylation sites is 2. The van der Waals surface area contributed by atoms with Crippen LogP contribution in [0, 0.1) is 22.7 Å². The zero-order valence-corrected chi connectivity index (χ0v) is 31.4. The summed E-state index contributed by atoms with van der Waals surface area (Å²) in [7, 11) is 0. The van der Waals surface area contributed by atoms with Crippen molar-refractivity contribution in [1.29, 1.82) is 10.5 Å². The smallest absolute Gasteiger partial charge is 0.101 e. The third-order valence-corrected chi connectivity index (χ3v) is 14.1. The number of rotatable bonds is 3. The Kier molecular flexibility index (Phi) is 6.60. The van der Waals surface area contributed by atoms with E-state index in [1.807, 2.05) is 46.9 Å². The van der Waals surface area contributed by atoms with Crippen molar-refractivity contribution in [2.24, 2.45) is 0 Å². The molecule has 0 amide bonds. The normalized spacial score (nSPS) is 16.0. The Morgan fingerprint density at radius 3 is 2.16 bits per heavy atom. The summed E-state index contributed by atoms with van der Waals surface area (Å²) in [5.41, 5.74) is 9.34. The van der Waals surface area contributed by atoms with E-state index in [2.05, 4.69) is 155 Å². The fourth-order valence-electron chi connectivity index (χ4n) is 9.52. The van der Waals surface area contributed by atoms with Gasteiger partial charge in [0.05, 0.1) is 39.6 Å². The topological polar surface area (TPSA) is 55.8 Å². The molecule has 3 aromatic heterocycles. The van der Waals surface area contributed by atoms with Crippen molar-refractivity contribution in [2.45, 2.75) is 12.0 Å². The largest absolute Gasteiger partial charge is 0.332 e. The van der Waals surface area contributed by atoms with Gasteiger partial charge in [0.2, 0.25) is 0 Å². The van der Waals surface area contributed by atoms with Gasteiger partial charge in [0.15, 0.2) is 0 Å². The molecule has 260 valence electrons. The minimum atomic E-state index is -0.00795. The Bertz CT molecular complexity index is 3490. The highest BCUT2D eigenvalue weighted by Gasteiger charge is 2.41. The van der Waals surface area contributed by atoms with Crippen LogP contribution in [0.1, 0.15) is 22.6 Å². The standard InChI is InChI=1S/C50H28N4S2/c51-27-30-21-20-29(26-42(30)53-38-16-5-2-13-36(38)47-41(53)23-22-34-33-11-3-7-18-43(33)56-50(34)47)32-15-9-10-31(28-52)49(32)54-39-17-6-1-12-35(39)46-40(54)24-25-45-48(46)37-14-4-8-19-44(37)55-45/h1-26,35,39H. The lowest BCUT2D eigenvalue weighted by atomic mass is 9.88. The number of benzene rings is 7. The van der Waals surface area contributed by atoms with Crippen LogP contribution in [0.4, 0.5) is 11.4 Å². The summed E-state index contributed by atoms with van der Waals surface area (Å²) in [5.74, 6) is 0.121. The average molecular weight is 749 g/mol. The maximum atomic E-state index is 10.8. The molecule has 6 heteroatoms. The van der Waals surface area contributed by atoms with Gasteiger partial charge in [0.25, 0.3) is 0 Å². The quantitative estimate of drug-likeness (QED) is 0.181. The predicted octanol–water partition coefficient (Wildman–Crippen LogP) is 13.7. The molecular formula is C50H28N4S2. The van der Waals surface area contributed by atoms with E-state index < -0.39 is 0 Å². The first-order valence-corrected chi connectivity index (χ1v) is 20.3. The van der Waals surface area contributed by atoms with Crippen LogP contribution in [0.2, 0.25) is 0 Å². The molecule has 10 aromatic rings. The van der Waals surface area contributed by atoms with E-state index in [0.29, 0.717) is 11.1 Å². The van der Waals surface area contributed by atoms with Crippen molar-refractivity contribution in [2.75, 3.05) is 4.90 Å². The molecule has 0 saturated heterocycles. The molecule has 2 atom stereocenters. The van der Waals surface area contributed by atoms with Gasteiger partial charge in [-0.25, -0.2) is 0 Å². The molecule has 4 heterocycles. The summed E-state index contributed by atoms with van der Waals surface area (Å²) in [5, 5.41) is 28.9. The predicted molar refractivity (Wildman–Crippen MR) is 235 cm³/mol. The van der Waals surface area contributed by atoms with Crippen molar-refractivity contribution in [3.05, 3.63) is 174 Å². The molecule has 4 nitrogen and oxygen atoms in total. The lowest BCUT2D eigenvalue weighted by molar-refractivity contribution is 0.747. The Morgan fingerprint density at radius 2 is 1.30 bits per heavy atom. The van der Waals surface area contributed by atoms with Gasteiger partial charge in [-0.3, -0.25) is 0 Å². The number of aromatic nitrogens is 1. The van der Waals surface area contributed by atoms with Crippen molar-refractivity contribution in [1.82, 2.24) is 4.57 Å². The van der Waals surface area contributed by atoms with Crippen LogP contribution in [0.15, 0.2) is 158 Å². The summed E-state index contributed by atoms with van der Waals surface area (Å²) in [4.78, 5) is 2.40. The molecule has 0 spiro atoms. The number of allylic oxidation sites excluding steroid dienone is 2. The third kappa shape index (κ3) is 4.20. The molecule has 1 aliphatic heterocycles. The first-order chi connectivity index (χ1) is 27.7. The number of anilines is 2. The molecular weight excluding hydrogens is 721 g/mol. The average Bonchev–Trinajstić information content (AvgIpc) is 4.00. The van der Waals surface area contributed by atoms with Gasteiger partial charge < -0.3 is 9.47 Å². The monoisotopic (exact) mass is 748 g/mol. The molecule has 7 aromatic carbocycles. The molecule has 0 N–H and O–H groups in total. The van der Waals surface area contributed by atoms with E-state index in [1.165, 1.54) is 51.3 Å². The van der Waals surface area contributed by atoms with Gasteiger partial charge in [-0.15, -0.1) is 22.7 Å². The molecule has 0 radical (unpaired) electrons. The Hall–Kier alpha value is -6.96. The van der Waals surface area contributed by atoms with E-state index in [-0.39, 0.29) is 12.0 Å². The number of hydrogen-bond donors (Lipinski definition) is 0. The van der Waals surface area contributed by atoms with Crippen LogP contribution in [0.25, 0.3) is 79.0 Å². The van der Waals surface area contributed by atoms with Crippen LogP contribution in [0.3, 0.4) is 0 Å². The zero-order chi connectivity index (χ0) is 37.1. The van der Waals surface area contributed by atoms with E-state index >= 15 is 0 Å². The van der Waals surface area contributed by atoms with Crippen LogP contribution < -0.4 is 4.90 Å². The van der Waals surface area contributed by atoms with Gasteiger partial charge in [0, 0.05) is 68.3 Å². The van der Waals surface area contributed by atoms with E-state index in [4.69, 9.17) is 0 Å².